The lowest BCUT2D eigenvalue weighted by Gasteiger charge is -2.17. The molecule has 3 rings (SSSR count). The number of amides is 2. The van der Waals surface area contributed by atoms with Crippen molar-refractivity contribution in [3.05, 3.63) is 62.8 Å². The predicted molar refractivity (Wildman–Crippen MR) is 100.0 cm³/mol. The minimum absolute atomic E-state index is 0.0601. The van der Waals surface area contributed by atoms with Crippen molar-refractivity contribution in [2.45, 2.75) is 33.7 Å². The van der Waals surface area contributed by atoms with Gasteiger partial charge in [0.25, 0.3) is 5.56 Å². The van der Waals surface area contributed by atoms with Crippen molar-refractivity contribution in [1.82, 2.24) is 10.3 Å². The minimum atomic E-state index is -0.535. The molecular formula is C20H22FN3O3. The van der Waals surface area contributed by atoms with Crippen LogP contribution in [0.3, 0.4) is 0 Å². The van der Waals surface area contributed by atoms with Gasteiger partial charge < -0.3 is 15.2 Å². The molecule has 2 N–H and O–H groups in total. The lowest BCUT2D eigenvalue weighted by atomic mass is 10.1. The van der Waals surface area contributed by atoms with Crippen LogP contribution in [0, 0.1) is 32.5 Å². The summed E-state index contributed by atoms with van der Waals surface area (Å²) < 4.78 is 13.8. The number of nitrogens with one attached hydrogen (secondary N) is 2. The Kier molecular flexibility index (Phi) is 5.12. The van der Waals surface area contributed by atoms with Crippen LogP contribution in [0.2, 0.25) is 0 Å². The van der Waals surface area contributed by atoms with E-state index >= 15 is 0 Å². The smallest absolute Gasteiger partial charge is 0.253 e. The topological polar surface area (TPSA) is 82.3 Å². The van der Waals surface area contributed by atoms with Crippen LogP contribution in [0.1, 0.15) is 28.8 Å². The third-order valence-electron chi connectivity index (χ3n) is 4.90. The van der Waals surface area contributed by atoms with Gasteiger partial charge in [-0.3, -0.25) is 14.4 Å². The molecule has 1 aromatic heterocycles. The Morgan fingerprint density at radius 2 is 1.96 bits per heavy atom. The van der Waals surface area contributed by atoms with Crippen molar-refractivity contribution in [2.24, 2.45) is 5.92 Å². The normalized spacial score (nSPS) is 16.7. The van der Waals surface area contributed by atoms with Crippen LogP contribution in [0.4, 0.5) is 10.1 Å². The van der Waals surface area contributed by atoms with E-state index in [2.05, 4.69) is 10.3 Å². The molecule has 142 valence electrons. The Labute approximate surface area is 156 Å². The van der Waals surface area contributed by atoms with Gasteiger partial charge in [0.1, 0.15) is 5.82 Å². The molecule has 0 spiro atoms. The molecule has 1 aliphatic heterocycles. The standard InChI is InChI=1S/C20H22FN3O3/c1-11-4-5-15(8-17(11)21)24-10-14(7-18(24)25)19(26)22-9-16-12(2)6-13(3)23-20(16)27/h4-6,8,14H,7,9-10H2,1-3H3,(H,22,26)(H,23,27). The van der Waals surface area contributed by atoms with E-state index in [0.717, 1.165) is 11.3 Å². The van der Waals surface area contributed by atoms with Crippen molar-refractivity contribution < 1.29 is 14.0 Å². The first-order chi connectivity index (χ1) is 12.8. The van der Waals surface area contributed by atoms with Crippen LogP contribution in [-0.4, -0.2) is 23.3 Å². The zero-order chi connectivity index (χ0) is 19.7. The number of pyridine rings is 1. The lowest BCUT2D eigenvalue weighted by Crippen LogP contribution is -2.34. The average Bonchev–Trinajstić information content (AvgIpc) is 2.98. The molecule has 0 aliphatic carbocycles. The maximum Gasteiger partial charge on any atom is 0.253 e. The molecular weight excluding hydrogens is 349 g/mol. The van der Waals surface area contributed by atoms with Gasteiger partial charge in [0, 0.05) is 36.5 Å². The summed E-state index contributed by atoms with van der Waals surface area (Å²) in [4.78, 5) is 40.9. The maximum absolute atomic E-state index is 13.8. The van der Waals surface area contributed by atoms with Crippen molar-refractivity contribution in [3.8, 4) is 0 Å². The van der Waals surface area contributed by atoms with Gasteiger partial charge in [-0.2, -0.15) is 0 Å². The molecule has 2 heterocycles. The van der Waals surface area contributed by atoms with Crippen molar-refractivity contribution >= 4 is 17.5 Å². The highest BCUT2D eigenvalue weighted by Crippen LogP contribution is 2.26. The first kappa shape index (κ1) is 18.8. The van der Waals surface area contributed by atoms with E-state index in [0.29, 0.717) is 16.8 Å². The van der Waals surface area contributed by atoms with Crippen LogP contribution in [0.25, 0.3) is 0 Å². The van der Waals surface area contributed by atoms with Gasteiger partial charge in [0.2, 0.25) is 11.8 Å². The van der Waals surface area contributed by atoms with E-state index in [-0.39, 0.29) is 42.7 Å². The summed E-state index contributed by atoms with van der Waals surface area (Å²) in [6.07, 6.45) is 0.0601. The quantitative estimate of drug-likeness (QED) is 0.864. The van der Waals surface area contributed by atoms with Gasteiger partial charge in [-0.25, -0.2) is 4.39 Å². The molecule has 1 aliphatic rings. The van der Waals surface area contributed by atoms with Gasteiger partial charge in [-0.1, -0.05) is 6.07 Å². The van der Waals surface area contributed by atoms with E-state index in [1.54, 1.807) is 26.0 Å². The second-order valence-electron chi connectivity index (χ2n) is 7.00. The number of anilines is 1. The summed E-state index contributed by atoms with van der Waals surface area (Å²) in [5, 5.41) is 2.74. The number of nitrogens with zero attached hydrogens (tertiary/aromatic N) is 1. The molecule has 7 heteroatoms. The summed E-state index contributed by atoms with van der Waals surface area (Å²) in [6, 6.07) is 6.43. The number of aryl methyl sites for hydroxylation is 3. The molecule has 0 saturated carbocycles. The number of carbonyl (C=O) groups excluding carboxylic acids is 2. The van der Waals surface area contributed by atoms with Crippen LogP contribution < -0.4 is 15.8 Å². The van der Waals surface area contributed by atoms with Crippen molar-refractivity contribution in [2.75, 3.05) is 11.4 Å². The molecule has 0 bridgehead atoms. The van der Waals surface area contributed by atoms with Gasteiger partial charge in [-0.05, 0) is 50.1 Å². The molecule has 1 unspecified atom stereocenters. The highest BCUT2D eigenvalue weighted by Gasteiger charge is 2.35. The number of aromatic nitrogens is 1. The number of carbonyl (C=O) groups is 2. The maximum atomic E-state index is 13.8. The van der Waals surface area contributed by atoms with Gasteiger partial charge >= 0.3 is 0 Å². The number of benzene rings is 1. The third kappa shape index (κ3) is 3.92. The Bertz CT molecular complexity index is 967. The van der Waals surface area contributed by atoms with Crippen LogP contribution in [0.5, 0.6) is 0 Å². The zero-order valence-corrected chi connectivity index (χ0v) is 15.6. The van der Waals surface area contributed by atoms with Crippen LogP contribution in [-0.2, 0) is 16.1 Å². The molecule has 27 heavy (non-hydrogen) atoms. The minimum Gasteiger partial charge on any atom is -0.351 e. The fourth-order valence-electron chi connectivity index (χ4n) is 3.30. The second-order valence-corrected chi connectivity index (χ2v) is 7.00. The van der Waals surface area contributed by atoms with E-state index in [9.17, 15) is 18.8 Å². The highest BCUT2D eigenvalue weighted by molar-refractivity contribution is 6.00. The lowest BCUT2D eigenvalue weighted by molar-refractivity contribution is -0.126. The predicted octanol–water partition coefficient (Wildman–Crippen LogP) is 2.11. The Morgan fingerprint density at radius 1 is 1.22 bits per heavy atom. The summed E-state index contributed by atoms with van der Waals surface area (Å²) in [6.45, 7) is 5.55. The van der Waals surface area contributed by atoms with E-state index in [1.807, 2.05) is 13.0 Å². The summed E-state index contributed by atoms with van der Waals surface area (Å²) >= 11 is 0. The first-order valence-electron chi connectivity index (χ1n) is 8.80. The number of H-pyrrole nitrogens is 1. The number of hydrogen-bond donors (Lipinski definition) is 2. The molecule has 2 aromatic rings. The monoisotopic (exact) mass is 371 g/mol. The fraction of sp³-hybridized carbons (Fsp3) is 0.350. The Morgan fingerprint density at radius 3 is 2.63 bits per heavy atom. The molecule has 1 atom stereocenters. The van der Waals surface area contributed by atoms with Crippen molar-refractivity contribution in [1.29, 1.82) is 0 Å². The number of hydrogen-bond acceptors (Lipinski definition) is 3. The third-order valence-corrected chi connectivity index (χ3v) is 4.90. The first-order valence-corrected chi connectivity index (χ1v) is 8.80. The number of rotatable bonds is 4. The Hall–Kier alpha value is -2.96. The average molecular weight is 371 g/mol. The Balaban J connectivity index is 1.67. The SMILES string of the molecule is Cc1cc(C)c(CNC(=O)C2CC(=O)N(c3ccc(C)c(F)c3)C2)c(=O)[nH]1. The molecule has 1 fully saturated rings. The summed E-state index contributed by atoms with van der Waals surface area (Å²) in [5.41, 5.74) is 2.77. The zero-order valence-electron chi connectivity index (χ0n) is 15.6. The van der Waals surface area contributed by atoms with Crippen molar-refractivity contribution in [3.63, 3.8) is 0 Å². The summed E-state index contributed by atoms with van der Waals surface area (Å²) in [5.74, 6) is -1.44. The second kappa shape index (κ2) is 7.34. The highest BCUT2D eigenvalue weighted by atomic mass is 19.1. The number of aromatic amines is 1. The molecule has 1 aromatic carbocycles. The van der Waals surface area contributed by atoms with E-state index < -0.39 is 5.92 Å². The van der Waals surface area contributed by atoms with Gasteiger partial charge in [-0.15, -0.1) is 0 Å². The largest absolute Gasteiger partial charge is 0.351 e. The molecule has 6 nitrogen and oxygen atoms in total. The molecule has 2 amide bonds. The van der Waals surface area contributed by atoms with Crippen LogP contribution >= 0.6 is 0 Å². The van der Waals surface area contributed by atoms with Gasteiger partial charge in [0.15, 0.2) is 0 Å². The fourth-order valence-corrected chi connectivity index (χ4v) is 3.30. The molecule has 1 saturated heterocycles. The molecule has 0 radical (unpaired) electrons. The number of halogens is 1. The van der Waals surface area contributed by atoms with E-state index in [4.69, 9.17) is 0 Å². The summed E-state index contributed by atoms with van der Waals surface area (Å²) in [7, 11) is 0. The van der Waals surface area contributed by atoms with Crippen LogP contribution in [0.15, 0.2) is 29.1 Å². The van der Waals surface area contributed by atoms with E-state index in [1.165, 1.54) is 11.0 Å². The van der Waals surface area contributed by atoms with Gasteiger partial charge in [0.05, 0.1) is 5.92 Å².